The predicted octanol–water partition coefficient (Wildman–Crippen LogP) is 4.59. The summed E-state index contributed by atoms with van der Waals surface area (Å²) in [6.45, 7) is 5.77. The predicted molar refractivity (Wildman–Crippen MR) is 72.3 cm³/mol. The zero-order valence-electron chi connectivity index (χ0n) is 10.6. The smallest absolute Gasteiger partial charge is 0.219 e. The lowest BCUT2D eigenvalue weighted by molar-refractivity contribution is 0.0674. The van der Waals surface area contributed by atoms with Crippen LogP contribution in [0, 0.1) is 11.9 Å². The molecule has 0 radical (unpaired) electrons. The van der Waals surface area contributed by atoms with E-state index in [0.717, 1.165) is 0 Å². The SMILES string of the molecule is CC1CSC(C)(C)CC1(F)c1cc(Cl)cnc1F. The number of rotatable bonds is 1. The number of nitrogens with zero attached hydrogens (tertiary/aromatic N) is 1. The maximum atomic E-state index is 15.3. The van der Waals surface area contributed by atoms with Crippen molar-refractivity contribution in [2.24, 2.45) is 5.92 Å². The highest BCUT2D eigenvalue weighted by Crippen LogP contribution is 2.51. The molecule has 1 aliphatic rings. The molecule has 0 saturated carbocycles. The Hall–Kier alpha value is -0.350. The molecule has 1 saturated heterocycles. The molecule has 100 valence electrons. The van der Waals surface area contributed by atoms with Gasteiger partial charge in [0.15, 0.2) is 0 Å². The molecule has 0 aliphatic carbocycles. The van der Waals surface area contributed by atoms with Crippen molar-refractivity contribution in [3.63, 3.8) is 0 Å². The van der Waals surface area contributed by atoms with E-state index in [1.807, 2.05) is 20.8 Å². The average Bonchev–Trinajstić information content (AvgIpc) is 2.27. The third-order valence-corrected chi connectivity index (χ3v) is 5.24. The summed E-state index contributed by atoms with van der Waals surface area (Å²) in [6, 6.07) is 1.37. The van der Waals surface area contributed by atoms with Gasteiger partial charge in [-0.15, -0.1) is 0 Å². The van der Waals surface area contributed by atoms with Gasteiger partial charge in [0.2, 0.25) is 5.95 Å². The first-order chi connectivity index (χ1) is 8.24. The van der Waals surface area contributed by atoms with Gasteiger partial charge in [-0.2, -0.15) is 16.2 Å². The van der Waals surface area contributed by atoms with Crippen molar-refractivity contribution in [2.45, 2.75) is 37.6 Å². The fraction of sp³-hybridized carbons (Fsp3) is 0.615. The van der Waals surface area contributed by atoms with Gasteiger partial charge in [-0.1, -0.05) is 32.4 Å². The largest absolute Gasteiger partial charge is 0.238 e. The summed E-state index contributed by atoms with van der Waals surface area (Å²) < 4.78 is 28.9. The molecular formula is C13H16ClF2NS. The molecule has 1 nitrogen and oxygen atoms in total. The molecule has 0 bridgehead atoms. The van der Waals surface area contributed by atoms with Gasteiger partial charge < -0.3 is 0 Å². The van der Waals surface area contributed by atoms with Gasteiger partial charge in [-0.3, -0.25) is 0 Å². The van der Waals surface area contributed by atoms with E-state index in [0.29, 0.717) is 5.75 Å². The van der Waals surface area contributed by atoms with Crippen LogP contribution in [-0.4, -0.2) is 15.5 Å². The van der Waals surface area contributed by atoms with E-state index in [1.54, 1.807) is 11.8 Å². The van der Waals surface area contributed by atoms with Crippen molar-refractivity contribution in [2.75, 3.05) is 5.75 Å². The second-order valence-corrected chi connectivity index (χ2v) is 7.67. The zero-order valence-corrected chi connectivity index (χ0v) is 12.2. The van der Waals surface area contributed by atoms with Gasteiger partial charge in [0, 0.05) is 28.8 Å². The summed E-state index contributed by atoms with van der Waals surface area (Å²) in [5.74, 6) is -0.350. The third-order valence-electron chi connectivity index (χ3n) is 3.44. The van der Waals surface area contributed by atoms with Crippen molar-refractivity contribution in [1.82, 2.24) is 4.98 Å². The highest BCUT2D eigenvalue weighted by molar-refractivity contribution is 8.00. The fourth-order valence-corrected chi connectivity index (χ4v) is 3.84. The maximum Gasteiger partial charge on any atom is 0.219 e. The molecule has 2 heterocycles. The minimum absolute atomic E-state index is 0.00382. The molecule has 0 spiro atoms. The van der Waals surface area contributed by atoms with Crippen molar-refractivity contribution in [3.05, 3.63) is 28.8 Å². The Bertz CT molecular complexity index is 466. The Morgan fingerprint density at radius 3 is 2.83 bits per heavy atom. The van der Waals surface area contributed by atoms with E-state index in [9.17, 15) is 4.39 Å². The first kappa shape index (κ1) is 14.1. The van der Waals surface area contributed by atoms with Crippen molar-refractivity contribution >= 4 is 23.4 Å². The Morgan fingerprint density at radius 2 is 2.17 bits per heavy atom. The van der Waals surface area contributed by atoms with E-state index in [1.165, 1.54) is 12.3 Å². The van der Waals surface area contributed by atoms with Crippen LogP contribution in [0.4, 0.5) is 8.78 Å². The fourth-order valence-electron chi connectivity index (χ4n) is 2.40. The highest BCUT2D eigenvalue weighted by atomic mass is 35.5. The number of hydrogen-bond acceptors (Lipinski definition) is 2. The van der Waals surface area contributed by atoms with E-state index in [4.69, 9.17) is 11.6 Å². The quantitative estimate of drug-likeness (QED) is 0.702. The first-order valence-corrected chi connectivity index (χ1v) is 7.25. The standard InChI is InChI=1S/C13H16ClF2NS/c1-8-6-18-12(2,3)7-13(8,16)10-4-9(14)5-17-11(10)15/h4-5,8H,6-7H2,1-3H3. The van der Waals surface area contributed by atoms with Crippen LogP contribution >= 0.6 is 23.4 Å². The molecule has 1 fully saturated rings. The average molecular weight is 292 g/mol. The second-order valence-electron chi connectivity index (χ2n) is 5.50. The summed E-state index contributed by atoms with van der Waals surface area (Å²) in [5.41, 5.74) is -1.70. The molecule has 1 aliphatic heterocycles. The molecule has 2 atom stereocenters. The zero-order chi connectivity index (χ0) is 13.6. The van der Waals surface area contributed by atoms with Gasteiger partial charge in [0.1, 0.15) is 5.67 Å². The molecule has 1 aromatic rings. The number of aromatic nitrogens is 1. The van der Waals surface area contributed by atoms with Crippen LogP contribution in [0.1, 0.15) is 32.8 Å². The van der Waals surface area contributed by atoms with Crippen LogP contribution in [0.5, 0.6) is 0 Å². The molecule has 0 aromatic carbocycles. The lowest BCUT2D eigenvalue weighted by Crippen LogP contribution is -2.42. The number of pyridine rings is 1. The van der Waals surface area contributed by atoms with Crippen LogP contribution < -0.4 is 0 Å². The Balaban J connectivity index is 2.48. The van der Waals surface area contributed by atoms with Crippen LogP contribution in [0.25, 0.3) is 0 Å². The molecular weight excluding hydrogens is 276 g/mol. The van der Waals surface area contributed by atoms with Crippen molar-refractivity contribution in [3.8, 4) is 0 Å². The summed E-state index contributed by atoms with van der Waals surface area (Å²) in [7, 11) is 0. The summed E-state index contributed by atoms with van der Waals surface area (Å²) in [5, 5.41) is 0.270. The molecule has 2 rings (SSSR count). The van der Waals surface area contributed by atoms with Crippen LogP contribution in [-0.2, 0) is 5.67 Å². The van der Waals surface area contributed by atoms with E-state index < -0.39 is 11.6 Å². The number of halogens is 3. The number of alkyl halides is 1. The van der Waals surface area contributed by atoms with Crippen molar-refractivity contribution < 1.29 is 8.78 Å². The topological polar surface area (TPSA) is 12.9 Å². The Kier molecular flexibility index (Phi) is 3.63. The van der Waals surface area contributed by atoms with E-state index >= 15 is 4.39 Å². The van der Waals surface area contributed by atoms with E-state index in [2.05, 4.69) is 4.98 Å². The molecule has 0 N–H and O–H groups in total. The summed E-state index contributed by atoms with van der Waals surface area (Å²) >= 11 is 7.54. The van der Waals surface area contributed by atoms with E-state index in [-0.39, 0.29) is 27.7 Å². The number of hydrogen-bond donors (Lipinski definition) is 0. The van der Waals surface area contributed by atoms with Gasteiger partial charge in [0.05, 0.1) is 5.02 Å². The van der Waals surface area contributed by atoms with Gasteiger partial charge in [-0.25, -0.2) is 9.37 Å². The monoisotopic (exact) mass is 291 g/mol. The Morgan fingerprint density at radius 1 is 1.50 bits per heavy atom. The van der Waals surface area contributed by atoms with Gasteiger partial charge in [-0.05, 0) is 11.8 Å². The molecule has 5 heteroatoms. The number of thioether (sulfide) groups is 1. The minimum Gasteiger partial charge on any atom is -0.238 e. The van der Waals surface area contributed by atoms with Gasteiger partial charge in [0.25, 0.3) is 0 Å². The van der Waals surface area contributed by atoms with Crippen LogP contribution in [0.3, 0.4) is 0 Å². The van der Waals surface area contributed by atoms with Crippen LogP contribution in [0.2, 0.25) is 5.02 Å². The maximum absolute atomic E-state index is 15.3. The molecule has 1 aromatic heterocycles. The lowest BCUT2D eigenvalue weighted by Gasteiger charge is -2.43. The Labute approximate surface area is 115 Å². The highest BCUT2D eigenvalue weighted by Gasteiger charge is 2.48. The molecule has 18 heavy (non-hydrogen) atoms. The molecule has 0 amide bonds. The lowest BCUT2D eigenvalue weighted by atomic mass is 9.78. The minimum atomic E-state index is -1.70. The summed E-state index contributed by atoms with van der Waals surface area (Å²) in [6.07, 6.45) is 1.47. The van der Waals surface area contributed by atoms with Crippen LogP contribution in [0.15, 0.2) is 12.3 Å². The normalized spacial score (nSPS) is 31.3. The first-order valence-electron chi connectivity index (χ1n) is 5.89. The van der Waals surface area contributed by atoms with Gasteiger partial charge >= 0.3 is 0 Å². The third kappa shape index (κ3) is 2.50. The molecule has 2 unspecified atom stereocenters. The second kappa shape index (κ2) is 4.64. The summed E-state index contributed by atoms with van der Waals surface area (Å²) in [4.78, 5) is 3.54. The van der Waals surface area contributed by atoms with Crippen molar-refractivity contribution in [1.29, 1.82) is 0 Å².